The molecule has 1 saturated heterocycles. The number of carboxylic acids is 1. The molecule has 0 aliphatic carbocycles. The number of likely N-dealkylation sites (tertiary alicyclic amines) is 1. The minimum atomic E-state index is -1.06. The summed E-state index contributed by atoms with van der Waals surface area (Å²) in [6.45, 7) is 6.10. The van der Waals surface area contributed by atoms with E-state index in [-0.39, 0.29) is 23.3 Å². The molecule has 1 aliphatic rings. The molecule has 10 heteroatoms. The van der Waals surface area contributed by atoms with Crippen LogP contribution in [0.4, 0.5) is 16.0 Å². The molecule has 36 heavy (non-hydrogen) atoms. The van der Waals surface area contributed by atoms with E-state index in [9.17, 15) is 19.1 Å². The third kappa shape index (κ3) is 5.57. The van der Waals surface area contributed by atoms with E-state index in [2.05, 4.69) is 25.4 Å². The molecule has 1 aliphatic heterocycles. The fourth-order valence-corrected chi connectivity index (χ4v) is 5.03. The van der Waals surface area contributed by atoms with E-state index in [1.165, 1.54) is 13.0 Å². The van der Waals surface area contributed by atoms with Gasteiger partial charge in [0.1, 0.15) is 11.6 Å². The molecular formula is C26H29ClFN5O3. The summed E-state index contributed by atoms with van der Waals surface area (Å²) in [5.41, 5.74) is 1.24. The molecule has 1 fully saturated rings. The maximum absolute atomic E-state index is 14.4. The van der Waals surface area contributed by atoms with Gasteiger partial charge in [0.05, 0.1) is 10.4 Å². The van der Waals surface area contributed by atoms with Crippen molar-refractivity contribution in [2.24, 2.45) is 5.41 Å². The Morgan fingerprint density at radius 1 is 1.31 bits per heavy atom. The van der Waals surface area contributed by atoms with Crippen molar-refractivity contribution >= 4 is 35.0 Å². The Balaban J connectivity index is 1.56. The highest BCUT2D eigenvalue weighted by Crippen LogP contribution is 2.39. The summed E-state index contributed by atoms with van der Waals surface area (Å²) in [5, 5.41) is 20.4. The minimum Gasteiger partial charge on any atom is -0.481 e. The zero-order chi connectivity index (χ0) is 26.0. The van der Waals surface area contributed by atoms with Crippen LogP contribution < -0.4 is 5.32 Å². The summed E-state index contributed by atoms with van der Waals surface area (Å²) in [7, 11) is 0. The van der Waals surface area contributed by atoms with E-state index in [0.29, 0.717) is 54.4 Å². The molecule has 0 saturated carbocycles. The maximum atomic E-state index is 14.4. The van der Waals surface area contributed by atoms with E-state index >= 15 is 0 Å². The number of aromatic nitrogens is 3. The van der Waals surface area contributed by atoms with Crippen LogP contribution in [0.1, 0.15) is 54.0 Å². The molecule has 0 spiro atoms. The number of carboxylic acid groups (broad SMARTS) is 1. The lowest BCUT2D eigenvalue weighted by Gasteiger charge is -2.43. The highest BCUT2D eigenvalue weighted by molar-refractivity contribution is 6.30. The fraction of sp³-hybridized carbons (Fsp3) is 0.385. The number of hydrogen-bond acceptors (Lipinski definition) is 6. The number of ketones is 1. The highest BCUT2D eigenvalue weighted by Gasteiger charge is 2.45. The largest absolute Gasteiger partial charge is 0.481 e. The van der Waals surface area contributed by atoms with E-state index in [1.54, 1.807) is 30.3 Å². The van der Waals surface area contributed by atoms with E-state index in [1.807, 2.05) is 13.8 Å². The number of rotatable bonds is 8. The molecule has 2 atom stereocenters. The van der Waals surface area contributed by atoms with Crippen LogP contribution >= 0.6 is 11.6 Å². The standard InChI is InChI=1S/C26H29ClFN5O3/c1-15-9-23(32-31-15)30-22-11-19(17(3)34)10-20(29-22)13-26(25(35)36)7-8-33(16(2)12-26)14-18-5-4-6-21(27)24(18)28/h4-6,9-11,16H,7-8,12-14H2,1-3H3,(H,35,36)(H2,29,30,31,32)/t16-,26-/m1/s1. The first-order chi connectivity index (χ1) is 17.1. The second kappa shape index (κ2) is 10.4. The zero-order valence-corrected chi connectivity index (χ0v) is 21.2. The van der Waals surface area contributed by atoms with Gasteiger partial charge in [-0.05, 0) is 58.4 Å². The van der Waals surface area contributed by atoms with Crippen molar-refractivity contribution in [2.75, 3.05) is 11.9 Å². The topological polar surface area (TPSA) is 111 Å². The molecular weight excluding hydrogens is 485 g/mol. The average molecular weight is 514 g/mol. The normalized spacial score (nSPS) is 20.3. The van der Waals surface area contributed by atoms with Crippen molar-refractivity contribution in [3.8, 4) is 0 Å². The molecule has 0 radical (unpaired) electrons. The summed E-state index contributed by atoms with van der Waals surface area (Å²) in [4.78, 5) is 31.4. The molecule has 1 aromatic carbocycles. The summed E-state index contributed by atoms with van der Waals surface area (Å²) >= 11 is 5.93. The number of carbonyl (C=O) groups excluding carboxylic acids is 1. The number of carbonyl (C=O) groups is 2. The lowest BCUT2D eigenvalue weighted by molar-refractivity contribution is -0.153. The second-order valence-electron chi connectivity index (χ2n) is 9.60. The molecule has 4 rings (SSSR count). The van der Waals surface area contributed by atoms with Crippen molar-refractivity contribution < 1.29 is 19.1 Å². The smallest absolute Gasteiger partial charge is 0.310 e. The predicted octanol–water partition coefficient (Wildman–Crippen LogP) is 5.15. The van der Waals surface area contributed by atoms with Crippen LogP contribution in [0.2, 0.25) is 5.02 Å². The van der Waals surface area contributed by atoms with Crippen LogP contribution in [0.5, 0.6) is 0 Å². The number of piperidine rings is 1. The van der Waals surface area contributed by atoms with Gasteiger partial charge in [-0.25, -0.2) is 9.37 Å². The zero-order valence-electron chi connectivity index (χ0n) is 20.4. The van der Waals surface area contributed by atoms with Crippen LogP contribution in [0.15, 0.2) is 36.4 Å². The molecule has 190 valence electrons. The van der Waals surface area contributed by atoms with Crippen molar-refractivity contribution in [3.05, 3.63) is 69.8 Å². The number of hydrogen-bond donors (Lipinski definition) is 3. The summed E-state index contributed by atoms with van der Waals surface area (Å²) < 4.78 is 14.4. The van der Waals surface area contributed by atoms with Crippen LogP contribution in [-0.4, -0.2) is 49.5 Å². The van der Waals surface area contributed by atoms with Crippen LogP contribution in [0, 0.1) is 18.2 Å². The maximum Gasteiger partial charge on any atom is 0.310 e. The van der Waals surface area contributed by atoms with Gasteiger partial charge in [-0.3, -0.25) is 19.6 Å². The Kier molecular flexibility index (Phi) is 7.42. The molecule has 0 unspecified atom stereocenters. The lowest BCUT2D eigenvalue weighted by atomic mass is 9.72. The van der Waals surface area contributed by atoms with Crippen LogP contribution in [-0.2, 0) is 17.8 Å². The number of aromatic amines is 1. The SMILES string of the molecule is CC(=O)c1cc(C[C@@]2(C(=O)O)CCN(Cc3cccc(Cl)c3F)[C@H](C)C2)nc(Nc2cc(C)[nH]n2)c1. The molecule has 0 amide bonds. The van der Waals surface area contributed by atoms with Gasteiger partial charge in [0.25, 0.3) is 0 Å². The molecule has 2 aromatic heterocycles. The quantitative estimate of drug-likeness (QED) is 0.357. The first kappa shape index (κ1) is 25.8. The number of pyridine rings is 1. The fourth-order valence-electron chi connectivity index (χ4n) is 4.83. The number of halogens is 2. The molecule has 3 N–H and O–H groups in total. The number of Topliss-reactive ketones (excluding diaryl/α,β-unsaturated/α-hetero) is 1. The Morgan fingerprint density at radius 3 is 2.72 bits per heavy atom. The molecule has 8 nitrogen and oxygen atoms in total. The van der Waals surface area contributed by atoms with E-state index < -0.39 is 17.2 Å². The van der Waals surface area contributed by atoms with Gasteiger partial charge in [0.2, 0.25) is 0 Å². The minimum absolute atomic E-state index is 0.0721. The van der Waals surface area contributed by atoms with Gasteiger partial charge in [0.15, 0.2) is 11.6 Å². The van der Waals surface area contributed by atoms with Gasteiger partial charge in [-0.1, -0.05) is 23.7 Å². The number of aliphatic carboxylic acids is 1. The van der Waals surface area contributed by atoms with Gasteiger partial charge in [-0.15, -0.1) is 0 Å². The highest BCUT2D eigenvalue weighted by atomic mass is 35.5. The Labute approximate surface area is 213 Å². The van der Waals surface area contributed by atoms with Gasteiger partial charge in [0, 0.05) is 47.6 Å². The number of H-pyrrole nitrogens is 1. The van der Waals surface area contributed by atoms with E-state index in [0.717, 1.165) is 5.69 Å². The Hall–Kier alpha value is -3.30. The third-order valence-corrected chi connectivity index (χ3v) is 7.10. The summed E-state index contributed by atoms with van der Waals surface area (Å²) in [6, 6.07) is 9.89. The van der Waals surface area contributed by atoms with Gasteiger partial charge >= 0.3 is 5.97 Å². The number of nitrogens with zero attached hydrogens (tertiary/aromatic N) is 3. The molecule has 3 heterocycles. The summed E-state index contributed by atoms with van der Waals surface area (Å²) in [6.07, 6.45) is 0.890. The van der Waals surface area contributed by atoms with Gasteiger partial charge in [-0.2, -0.15) is 5.10 Å². The van der Waals surface area contributed by atoms with Crippen molar-refractivity contribution in [3.63, 3.8) is 0 Å². The van der Waals surface area contributed by atoms with E-state index in [4.69, 9.17) is 11.6 Å². The second-order valence-corrected chi connectivity index (χ2v) is 10.0. The number of anilines is 2. The summed E-state index contributed by atoms with van der Waals surface area (Å²) in [5.74, 6) is -0.522. The Bertz CT molecular complexity index is 1300. The Morgan fingerprint density at radius 2 is 2.08 bits per heavy atom. The number of nitrogens with one attached hydrogen (secondary N) is 2. The third-order valence-electron chi connectivity index (χ3n) is 6.81. The van der Waals surface area contributed by atoms with Crippen LogP contribution in [0.3, 0.4) is 0 Å². The van der Waals surface area contributed by atoms with Crippen molar-refractivity contribution in [1.82, 2.24) is 20.1 Å². The predicted molar refractivity (Wildman–Crippen MR) is 135 cm³/mol. The van der Waals surface area contributed by atoms with Gasteiger partial charge < -0.3 is 10.4 Å². The molecule has 3 aromatic rings. The average Bonchev–Trinajstić information content (AvgIpc) is 3.22. The van der Waals surface area contributed by atoms with Crippen LogP contribution in [0.25, 0.3) is 0 Å². The number of aryl methyl sites for hydroxylation is 1. The van der Waals surface area contributed by atoms with Crippen molar-refractivity contribution in [1.29, 1.82) is 0 Å². The lowest BCUT2D eigenvalue weighted by Crippen LogP contribution is -2.49. The molecule has 0 bridgehead atoms. The van der Waals surface area contributed by atoms with Crippen molar-refractivity contribution in [2.45, 2.75) is 52.6 Å². The monoisotopic (exact) mass is 513 g/mol. The first-order valence-electron chi connectivity index (χ1n) is 11.8. The first-order valence-corrected chi connectivity index (χ1v) is 12.2. The number of benzene rings is 1.